The van der Waals surface area contributed by atoms with Crippen LogP contribution in [0.2, 0.25) is 0 Å². The molecule has 0 radical (unpaired) electrons. The highest BCUT2D eigenvalue weighted by molar-refractivity contribution is 5.99. The number of aliphatic carboxylic acids is 1. The van der Waals surface area contributed by atoms with E-state index in [2.05, 4.69) is 10.7 Å². The van der Waals surface area contributed by atoms with Crippen molar-refractivity contribution in [2.45, 2.75) is 31.3 Å². The van der Waals surface area contributed by atoms with Crippen LogP contribution in [0.3, 0.4) is 0 Å². The molecule has 1 heterocycles. The Morgan fingerprint density at radius 2 is 1.77 bits per heavy atom. The summed E-state index contributed by atoms with van der Waals surface area (Å²) in [4.78, 5) is 49.1. The lowest BCUT2D eigenvalue weighted by molar-refractivity contribution is -0.145. The van der Waals surface area contributed by atoms with Crippen molar-refractivity contribution < 1.29 is 29.4 Å². The highest BCUT2D eigenvalue weighted by atomic mass is 16.4. The molecule has 30 heavy (non-hydrogen) atoms. The first-order valence-corrected chi connectivity index (χ1v) is 9.34. The number of aromatic hydroxyl groups is 1. The Morgan fingerprint density at radius 1 is 1.10 bits per heavy atom. The van der Waals surface area contributed by atoms with Crippen molar-refractivity contribution in [3.8, 4) is 5.75 Å². The molecule has 0 aliphatic carbocycles. The zero-order valence-corrected chi connectivity index (χ0v) is 15.9. The number of hydrogen-bond donors (Lipinski definition) is 4. The van der Waals surface area contributed by atoms with Crippen LogP contribution in [0.15, 0.2) is 54.6 Å². The van der Waals surface area contributed by atoms with Crippen LogP contribution in [0, 0.1) is 0 Å². The summed E-state index contributed by atoms with van der Waals surface area (Å²) in [5, 5.41) is 22.5. The van der Waals surface area contributed by atoms with Gasteiger partial charge in [-0.1, -0.05) is 30.3 Å². The summed E-state index contributed by atoms with van der Waals surface area (Å²) in [5.74, 6) is -2.94. The van der Waals surface area contributed by atoms with Crippen LogP contribution in [0.5, 0.6) is 5.75 Å². The van der Waals surface area contributed by atoms with Gasteiger partial charge in [-0.3, -0.25) is 19.8 Å². The van der Waals surface area contributed by atoms with Crippen LogP contribution >= 0.6 is 0 Å². The molecule has 2 aromatic rings. The topological polar surface area (TPSA) is 136 Å². The number of carbonyl (C=O) groups excluding carboxylic acids is 3. The van der Waals surface area contributed by atoms with Crippen molar-refractivity contribution in [2.24, 2.45) is 0 Å². The molecule has 0 bridgehead atoms. The van der Waals surface area contributed by atoms with Gasteiger partial charge in [-0.15, -0.1) is 0 Å². The molecule has 4 N–H and O–H groups in total. The fourth-order valence-corrected chi connectivity index (χ4v) is 3.14. The van der Waals surface area contributed by atoms with Gasteiger partial charge in [0.25, 0.3) is 11.8 Å². The summed E-state index contributed by atoms with van der Waals surface area (Å²) in [6.07, 6.45) is 0.333. The van der Waals surface area contributed by atoms with E-state index in [9.17, 15) is 29.4 Å². The Hall–Kier alpha value is -3.88. The SMILES string of the molecule is O=C1CC[C@@H](C(=O)NN(C(=O)c2ccccc2)[C@@H](Cc2ccc(O)cc2)C(=O)O)N1. The molecule has 1 aliphatic heterocycles. The minimum Gasteiger partial charge on any atom is -0.508 e. The van der Waals surface area contributed by atoms with Gasteiger partial charge in [0, 0.05) is 18.4 Å². The van der Waals surface area contributed by atoms with Crippen LogP contribution < -0.4 is 10.7 Å². The second-order valence-corrected chi connectivity index (χ2v) is 6.90. The average Bonchev–Trinajstić information content (AvgIpc) is 3.18. The third-order valence-corrected chi connectivity index (χ3v) is 4.74. The molecule has 3 rings (SSSR count). The van der Waals surface area contributed by atoms with Gasteiger partial charge in [0.05, 0.1) is 0 Å². The molecule has 0 saturated carbocycles. The molecule has 0 aromatic heterocycles. The summed E-state index contributed by atoms with van der Waals surface area (Å²) in [6, 6.07) is 11.6. The number of carboxylic acid groups (broad SMARTS) is 1. The zero-order valence-electron chi connectivity index (χ0n) is 15.9. The van der Waals surface area contributed by atoms with Gasteiger partial charge < -0.3 is 15.5 Å². The van der Waals surface area contributed by atoms with Gasteiger partial charge in [0.1, 0.15) is 11.8 Å². The lowest BCUT2D eigenvalue weighted by Crippen LogP contribution is -2.58. The third-order valence-electron chi connectivity index (χ3n) is 4.74. The Bertz CT molecular complexity index is 945. The molecule has 9 nitrogen and oxygen atoms in total. The molecular weight excluding hydrogens is 390 g/mol. The predicted molar refractivity (Wildman–Crippen MR) is 105 cm³/mol. The van der Waals surface area contributed by atoms with Crippen molar-refractivity contribution in [1.29, 1.82) is 0 Å². The summed E-state index contributed by atoms with van der Waals surface area (Å²) in [6.45, 7) is 0. The number of rotatable bonds is 6. The van der Waals surface area contributed by atoms with Crippen LogP contribution in [-0.2, 0) is 20.8 Å². The Labute approximate surface area is 172 Å². The van der Waals surface area contributed by atoms with Gasteiger partial charge in [0.2, 0.25) is 5.91 Å². The maximum atomic E-state index is 13.1. The van der Waals surface area contributed by atoms with Crippen molar-refractivity contribution in [3.63, 3.8) is 0 Å². The third kappa shape index (κ3) is 4.93. The summed E-state index contributed by atoms with van der Waals surface area (Å²) < 4.78 is 0. The number of amides is 3. The van der Waals surface area contributed by atoms with Crippen molar-refractivity contribution in [2.75, 3.05) is 0 Å². The zero-order chi connectivity index (χ0) is 21.7. The number of benzene rings is 2. The van der Waals surface area contributed by atoms with Gasteiger partial charge in [-0.25, -0.2) is 9.80 Å². The molecule has 1 aliphatic rings. The van der Waals surface area contributed by atoms with E-state index in [4.69, 9.17) is 0 Å². The fraction of sp³-hybridized carbons (Fsp3) is 0.238. The molecule has 2 atom stereocenters. The van der Waals surface area contributed by atoms with E-state index in [1.165, 1.54) is 36.4 Å². The number of nitrogens with one attached hydrogen (secondary N) is 2. The maximum absolute atomic E-state index is 13.1. The smallest absolute Gasteiger partial charge is 0.328 e. The highest BCUT2D eigenvalue weighted by Gasteiger charge is 2.35. The number of phenols is 1. The lowest BCUT2D eigenvalue weighted by Gasteiger charge is -2.30. The molecule has 1 fully saturated rings. The Balaban J connectivity index is 1.89. The number of carboxylic acids is 1. The highest BCUT2D eigenvalue weighted by Crippen LogP contribution is 2.16. The maximum Gasteiger partial charge on any atom is 0.328 e. The predicted octanol–water partition coefficient (Wildman–Crippen LogP) is 0.840. The van der Waals surface area contributed by atoms with Crippen LogP contribution in [0.4, 0.5) is 0 Å². The van der Waals surface area contributed by atoms with Gasteiger partial charge in [0.15, 0.2) is 6.04 Å². The lowest BCUT2D eigenvalue weighted by atomic mass is 10.0. The molecule has 2 aromatic carbocycles. The Kier molecular flexibility index (Phi) is 6.31. The molecule has 0 spiro atoms. The van der Waals surface area contributed by atoms with Gasteiger partial charge >= 0.3 is 5.97 Å². The quantitative estimate of drug-likeness (QED) is 0.520. The number of nitrogens with zero attached hydrogens (tertiary/aromatic N) is 1. The van der Waals surface area contributed by atoms with E-state index >= 15 is 0 Å². The van der Waals surface area contributed by atoms with Crippen LogP contribution in [0.1, 0.15) is 28.8 Å². The van der Waals surface area contributed by atoms with E-state index in [0.717, 1.165) is 5.01 Å². The van der Waals surface area contributed by atoms with E-state index in [-0.39, 0.29) is 36.5 Å². The first-order valence-electron chi connectivity index (χ1n) is 9.34. The van der Waals surface area contributed by atoms with Gasteiger partial charge in [-0.05, 0) is 36.2 Å². The van der Waals surface area contributed by atoms with Crippen molar-refractivity contribution in [3.05, 3.63) is 65.7 Å². The number of hydrogen-bond acceptors (Lipinski definition) is 5. The molecule has 0 unspecified atom stereocenters. The fourth-order valence-electron chi connectivity index (χ4n) is 3.14. The summed E-state index contributed by atoms with van der Waals surface area (Å²) in [5.41, 5.74) is 3.14. The van der Waals surface area contributed by atoms with E-state index in [0.29, 0.717) is 5.56 Å². The van der Waals surface area contributed by atoms with E-state index < -0.39 is 29.9 Å². The minimum atomic E-state index is -1.41. The van der Waals surface area contributed by atoms with E-state index in [1.54, 1.807) is 18.2 Å². The molecule has 9 heteroatoms. The molecular formula is C21H21N3O6. The minimum absolute atomic E-state index is 0.0214. The molecule has 156 valence electrons. The normalized spacial score (nSPS) is 16.4. The van der Waals surface area contributed by atoms with E-state index in [1.807, 2.05) is 0 Å². The monoisotopic (exact) mass is 411 g/mol. The van der Waals surface area contributed by atoms with Crippen molar-refractivity contribution >= 4 is 23.7 Å². The standard InChI is InChI=1S/C21H21N3O6/c25-15-8-6-13(7-9-15)12-17(21(29)30)24(20(28)14-4-2-1-3-5-14)23-19(27)16-10-11-18(26)22-16/h1-9,16-17,25H,10-12H2,(H,22,26)(H,23,27)(H,29,30)/t16-,17-/m0/s1. The van der Waals surface area contributed by atoms with Crippen LogP contribution in [0.25, 0.3) is 0 Å². The van der Waals surface area contributed by atoms with Crippen molar-refractivity contribution in [1.82, 2.24) is 15.8 Å². The first kappa shape index (κ1) is 20.8. The first-order chi connectivity index (χ1) is 14.3. The largest absolute Gasteiger partial charge is 0.508 e. The van der Waals surface area contributed by atoms with Gasteiger partial charge in [-0.2, -0.15) is 0 Å². The number of carbonyl (C=O) groups is 4. The second kappa shape index (κ2) is 9.08. The molecule has 1 saturated heterocycles. The van der Waals surface area contributed by atoms with Crippen LogP contribution in [-0.4, -0.2) is 51.0 Å². The number of phenolic OH excluding ortho intramolecular Hbond substituents is 1. The average molecular weight is 411 g/mol. The summed E-state index contributed by atoms with van der Waals surface area (Å²) in [7, 11) is 0. The summed E-state index contributed by atoms with van der Waals surface area (Å²) >= 11 is 0. The Morgan fingerprint density at radius 3 is 2.33 bits per heavy atom. The second-order valence-electron chi connectivity index (χ2n) is 6.90. The number of hydrazine groups is 1. The molecule has 3 amide bonds.